The summed E-state index contributed by atoms with van der Waals surface area (Å²) in [4.78, 5) is 0. The second kappa shape index (κ2) is 4.83. The first kappa shape index (κ1) is 12.5. The van der Waals surface area contributed by atoms with Crippen LogP contribution in [0.3, 0.4) is 0 Å². The molecule has 0 amide bonds. The van der Waals surface area contributed by atoms with E-state index in [2.05, 4.69) is 15.9 Å². The minimum absolute atomic E-state index is 0.563. The van der Waals surface area contributed by atoms with E-state index in [1.807, 2.05) is 55.5 Å². The first-order valence-corrected chi connectivity index (χ1v) is 6.87. The lowest BCUT2D eigenvalue weighted by Gasteiger charge is -2.11. The average Bonchev–Trinajstić information content (AvgIpc) is 2.84. The Hall–Kier alpha value is -1.58. The van der Waals surface area contributed by atoms with Gasteiger partial charge in [0, 0.05) is 15.4 Å². The number of aliphatic hydroxyl groups excluding tert-OH is 1. The predicted octanol–water partition coefficient (Wildman–Crippen LogP) is 4.59. The zero-order valence-electron chi connectivity index (χ0n) is 10.4. The second-order valence-electron chi connectivity index (χ2n) is 4.61. The van der Waals surface area contributed by atoms with Gasteiger partial charge in [0.1, 0.15) is 17.4 Å². The van der Waals surface area contributed by atoms with Crippen LogP contribution in [0.15, 0.2) is 57.4 Å². The number of fused-ring (bicyclic) bond motifs is 1. The molecule has 1 atom stereocenters. The highest BCUT2D eigenvalue weighted by molar-refractivity contribution is 9.10. The number of rotatable bonds is 2. The Balaban J connectivity index is 2.07. The van der Waals surface area contributed by atoms with Crippen molar-refractivity contribution < 1.29 is 9.52 Å². The van der Waals surface area contributed by atoms with Gasteiger partial charge in [0.25, 0.3) is 0 Å². The van der Waals surface area contributed by atoms with Crippen LogP contribution < -0.4 is 0 Å². The molecule has 0 spiro atoms. The number of para-hydroxylation sites is 1. The Labute approximate surface area is 119 Å². The molecule has 0 saturated carbocycles. The molecule has 0 aliphatic carbocycles. The van der Waals surface area contributed by atoms with Crippen LogP contribution in [0.2, 0.25) is 0 Å². The van der Waals surface area contributed by atoms with Gasteiger partial charge >= 0.3 is 0 Å². The second-order valence-corrected chi connectivity index (χ2v) is 5.47. The van der Waals surface area contributed by atoms with Crippen LogP contribution in [-0.2, 0) is 0 Å². The van der Waals surface area contributed by atoms with Crippen LogP contribution in [-0.4, -0.2) is 5.11 Å². The molecule has 0 bridgehead atoms. The van der Waals surface area contributed by atoms with Crippen molar-refractivity contribution in [2.45, 2.75) is 13.0 Å². The van der Waals surface area contributed by atoms with Crippen molar-refractivity contribution in [1.29, 1.82) is 0 Å². The highest BCUT2D eigenvalue weighted by Crippen LogP contribution is 2.32. The number of benzene rings is 2. The van der Waals surface area contributed by atoms with Crippen molar-refractivity contribution in [2.24, 2.45) is 0 Å². The number of aryl methyl sites for hydroxylation is 1. The first-order chi connectivity index (χ1) is 9.15. The normalized spacial score (nSPS) is 12.8. The minimum Gasteiger partial charge on any atom is -0.458 e. The van der Waals surface area contributed by atoms with Gasteiger partial charge in [0.2, 0.25) is 0 Å². The lowest BCUT2D eigenvalue weighted by molar-refractivity contribution is 0.191. The molecule has 19 heavy (non-hydrogen) atoms. The smallest absolute Gasteiger partial charge is 0.138 e. The van der Waals surface area contributed by atoms with Crippen molar-refractivity contribution in [1.82, 2.24) is 0 Å². The highest BCUT2D eigenvalue weighted by Gasteiger charge is 2.18. The molecule has 1 N–H and O–H groups in total. The van der Waals surface area contributed by atoms with E-state index in [1.54, 1.807) is 0 Å². The summed E-state index contributed by atoms with van der Waals surface area (Å²) < 4.78 is 6.59. The van der Waals surface area contributed by atoms with Gasteiger partial charge in [0.05, 0.1) is 0 Å². The van der Waals surface area contributed by atoms with Gasteiger partial charge in [-0.25, -0.2) is 0 Å². The van der Waals surface area contributed by atoms with Gasteiger partial charge in [-0.1, -0.05) is 51.8 Å². The molecule has 3 heteroatoms. The molecule has 1 unspecified atom stereocenters. The summed E-state index contributed by atoms with van der Waals surface area (Å²) in [5.41, 5.74) is 2.72. The highest BCUT2D eigenvalue weighted by atomic mass is 79.9. The number of hydrogen-bond acceptors (Lipinski definition) is 2. The third kappa shape index (κ3) is 2.31. The van der Waals surface area contributed by atoms with Gasteiger partial charge < -0.3 is 9.52 Å². The van der Waals surface area contributed by atoms with E-state index in [1.165, 1.54) is 0 Å². The van der Waals surface area contributed by atoms with E-state index in [0.29, 0.717) is 5.76 Å². The summed E-state index contributed by atoms with van der Waals surface area (Å²) in [5, 5.41) is 11.5. The molecule has 0 aliphatic heterocycles. The SMILES string of the molecule is Cc1ccc(Br)c(C(O)c2cc3ccccc3o2)c1. The molecule has 2 nitrogen and oxygen atoms in total. The van der Waals surface area contributed by atoms with Gasteiger partial charge in [-0.3, -0.25) is 0 Å². The molecule has 0 fully saturated rings. The molecule has 0 saturated heterocycles. The largest absolute Gasteiger partial charge is 0.458 e. The van der Waals surface area contributed by atoms with Crippen molar-refractivity contribution in [3.63, 3.8) is 0 Å². The Morgan fingerprint density at radius 2 is 1.89 bits per heavy atom. The fraction of sp³-hybridized carbons (Fsp3) is 0.125. The van der Waals surface area contributed by atoms with Crippen LogP contribution in [0.5, 0.6) is 0 Å². The maximum absolute atomic E-state index is 10.5. The van der Waals surface area contributed by atoms with E-state index in [9.17, 15) is 5.11 Å². The first-order valence-electron chi connectivity index (χ1n) is 6.08. The lowest BCUT2D eigenvalue weighted by atomic mass is 10.0. The Morgan fingerprint density at radius 3 is 2.68 bits per heavy atom. The fourth-order valence-corrected chi connectivity index (χ4v) is 2.63. The van der Waals surface area contributed by atoms with E-state index >= 15 is 0 Å². The number of hydrogen-bond donors (Lipinski definition) is 1. The minimum atomic E-state index is -0.762. The van der Waals surface area contributed by atoms with E-state index in [-0.39, 0.29) is 0 Å². The molecule has 1 heterocycles. The predicted molar refractivity (Wildman–Crippen MR) is 79.2 cm³/mol. The zero-order chi connectivity index (χ0) is 13.4. The molecule has 1 aromatic heterocycles. The Bertz CT molecular complexity index is 697. The topological polar surface area (TPSA) is 33.4 Å². The Kier molecular flexibility index (Phi) is 3.17. The van der Waals surface area contributed by atoms with Crippen LogP contribution in [0, 0.1) is 6.92 Å². The molecule has 96 valence electrons. The van der Waals surface area contributed by atoms with E-state index in [0.717, 1.165) is 26.6 Å². The van der Waals surface area contributed by atoms with Crippen LogP contribution >= 0.6 is 15.9 Å². The standard InChI is InChI=1S/C16H13BrO2/c1-10-6-7-13(17)12(8-10)16(18)15-9-11-4-2-3-5-14(11)19-15/h2-9,16,18H,1H3. The number of furan rings is 1. The third-order valence-electron chi connectivity index (χ3n) is 3.16. The van der Waals surface area contributed by atoms with Crippen molar-refractivity contribution in [2.75, 3.05) is 0 Å². The summed E-state index contributed by atoms with van der Waals surface area (Å²) in [5.74, 6) is 0.563. The summed E-state index contributed by atoms with van der Waals surface area (Å²) in [6, 6.07) is 15.5. The van der Waals surface area contributed by atoms with Gasteiger partial charge in [-0.2, -0.15) is 0 Å². The number of halogens is 1. The monoisotopic (exact) mass is 316 g/mol. The molecular weight excluding hydrogens is 304 g/mol. The average molecular weight is 317 g/mol. The maximum Gasteiger partial charge on any atom is 0.138 e. The molecule has 0 radical (unpaired) electrons. The molecule has 0 aliphatic rings. The molecule has 3 aromatic rings. The Morgan fingerprint density at radius 1 is 1.11 bits per heavy atom. The van der Waals surface area contributed by atoms with Crippen LogP contribution in [0.4, 0.5) is 0 Å². The van der Waals surface area contributed by atoms with Crippen molar-refractivity contribution in [3.05, 3.63) is 69.9 Å². The van der Waals surface area contributed by atoms with Crippen molar-refractivity contribution >= 4 is 26.9 Å². The zero-order valence-corrected chi connectivity index (χ0v) is 12.0. The lowest BCUT2D eigenvalue weighted by Crippen LogP contribution is -1.99. The van der Waals surface area contributed by atoms with Gasteiger partial charge in [-0.05, 0) is 25.1 Å². The van der Waals surface area contributed by atoms with E-state index in [4.69, 9.17) is 4.42 Å². The third-order valence-corrected chi connectivity index (χ3v) is 3.88. The molecule has 3 rings (SSSR count). The van der Waals surface area contributed by atoms with Crippen LogP contribution in [0.25, 0.3) is 11.0 Å². The summed E-state index contributed by atoms with van der Waals surface area (Å²) in [7, 11) is 0. The summed E-state index contributed by atoms with van der Waals surface area (Å²) in [6.45, 7) is 2.00. The summed E-state index contributed by atoms with van der Waals surface area (Å²) in [6.07, 6.45) is -0.762. The van der Waals surface area contributed by atoms with Gasteiger partial charge in [-0.15, -0.1) is 0 Å². The molecular formula is C16H13BrO2. The maximum atomic E-state index is 10.5. The van der Waals surface area contributed by atoms with Crippen LogP contribution in [0.1, 0.15) is 23.0 Å². The van der Waals surface area contributed by atoms with Crippen molar-refractivity contribution in [3.8, 4) is 0 Å². The van der Waals surface area contributed by atoms with Gasteiger partial charge in [0.15, 0.2) is 0 Å². The van der Waals surface area contributed by atoms with E-state index < -0.39 is 6.10 Å². The number of aliphatic hydroxyl groups is 1. The summed E-state index contributed by atoms with van der Waals surface area (Å²) >= 11 is 3.47. The fourth-order valence-electron chi connectivity index (χ4n) is 2.16. The quantitative estimate of drug-likeness (QED) is 0.750. The molecule has 2 aromatic carbocycles.